The van der Waals surface area contributed by atoms with Crippen LogP contribution in [0.1, 0.15) is 56.3 Å². The minimum Gasteiger partial charge on any atom is -0.299 e. The Bertz CT molecular complexity index is 552. The molecule has 1 unspecified atom stereocenters. The van der Waals surface area contributed by atoms with Crippen LogP contribution in [0.3, 0.4) is 0 Å². The molecule has 0 aliphatic rings. The second-order valence-electron chi connectivity index (χ2n) is 6.50. The molecular weight excluding hydrogens is 288 g/mol. The lowest BCUT2D eigenvalue weighted by Gasteiger charge is -2.31. The molecule has 3 heteroatoms. The van der Waals surface area contributed by atoms with Crippen molar-refractivity contribution in [2.45, 2.75) is 59.0 Å². The summed E-state index contributed by atoms with van der Waals surface area (Å²) in [6.07, 6.45) is 1.12. The topological polar surface area (TPSA) is 16.1 Å². The quantitative estimate of drug-likeness (QED) is 0.707. The maximum atomic E-state index is 4.76. The van der Waals surface area contributed by atoms with E-state index >= 15 is 0 Å². The predicted molar refractivity (Wildman–Crippen MR) is 96.7 cm³/mol. The fourth-order valence-corrected chi connectivity index (χ4v) is 4.00. The summed E-state index contributed by atoms with van der Waals surface area (Å²) in [5.41, 5.74) is 2.51. The van der Waals surface area contributed by atoms with Gasteiger partial charge in [-0.2, -0.15) is 0 Å². The van der Waals surface area contributed by atoms with E-state index < -0.39 is 0 Å². The second kappa shape index (κ2) is 7.89. The Balaban J connectivity index is 2.19. The van der Waals surface area contributed by atoms with Gasteiger partial charge in [0, 0.05) is 29.1 Å². The van der Waals surface area contributed by atoms with Gasteiger partial charge in [-0.05, 0) is 53.1 Å². The van der Waals surface area contributed by atoms with E-state index in [1.165, 1.54) is 10.6 Å². The molecule has 120 valence electrons. The van der Waals surface area contributed by atoms with Gasteiger partial charge in [0.25, 0.3) is 0 Å². The Morgan fingerprint density at radius 3 is 2.18 bits per heavy atom. The molecule has 0 N–H and O–H groups in total. The molecule has 22 heavy (non-hydrogen) atoms. The maximum Gasteiger partial charge on any atom is 0.100 e. The molecule has 0 aliphatic carbocycles. The number of hydrogen-bond donors (Lipinski definition) is 0. The summed E-state index contributed by atoms with van der Waals surface area (Å²) in [5.74, 6) is 0.403. The second-order valence-corrected chi connectivity index (χ2v) is 7.39. The first-order valence-corrected chi connectivity index (χ1v) is 9.09. The van der Waals surface area contributed by atoms with Crippen molar-refractivity contribution in [1.29, 1.82) is 0 Å². The zero-order valence-electron chi connectivity index (χ0n) is 14.4. The van der Waals surface area contributed by atoms with Crippen LogP contribution < -0.4 is 0 Å². The molecule has 0 aliphatic heterocycles. The molecule has 0 spiro atoms. The molecule has 2 rings (SSSR count). The first kappa shape index (κ1) is 17.2. The molecule has 0 bridgehead atoms. The van der Waals surface area contributed by atoms with Gasteiger partial charge in [-0.1, -0.05) is 30.3 Å². The highest BCUT2D eigenvalue weighted by Crippen LogP contribution is 2.31. The van der Waals surface area contributed by atoms with Crippen LogP contribution in [0.4, 0.5) is 0 Å². The summed E-state index contributed by atoms with van der Waals surface area (Å²) < 4.78 is 0. The molecule has 0 saturated heterocycles. The fraction of sp³-hybridized carbons (Fsp3) is 0.526. The lowest BCUT2D eigenvalue weighted by molar-refractivity contribution is 0.170. The number of hydrogen-bond acceptors (Lipinski definition) is 3. The van der Waals surface area contributed by atoms with Crippen molar-refractivity contribution in [3.8, 4) is 0 Å². The molecule has 1 aromatic heterocycles. The van der Waals surface area contributed by atoms with Crippen LogP contribution in [-0.2, 0) is 0 Å². The summed E-state index contributed by atoms with van der Waals surface area (Å²) in [5, 5.41) is 3.41. The van der Waals surface area contributed by atoms with Crippen molar-refractivity contribution >= 4 is 11.3 Å². The van der Waals surface area contributed by atoms with Gasteiger partial charge < -0.3 is 0 Å². The molecule has 2 nitrogen and oxygen atoms in total. The molecule has 1 heterocycles. The lowest BCUT2D eigenvalue weighted by Crippen LogP contribution is -2.38. The van der Waals surface area contributed by atoms with Crippen LogP contribution in [0.15, 0.2) is 35.7 Å². The van der Waals surface area contributed by atoms with E-state index in [9.17, 15) is 0 Å². The van der Waals surface area contributed by atoms with Gasteiger partial charge >= 0.3 is 0 Å². The fourth-order valence-electron chi connectivity index (χ4n) is 3.04. The molecule has 1 aromatic carbocycles. The average Bonchev–Trinajstić information content (AvgIpc) is 2.90. The highest BCUT2D eigenvalue weighted by atomic mass is 32.1. The normalized spacial score (nSPS) is 13.3. The van der Waals surface area contributed by atoms with Gasteiger partial charge in [-0.15, -0.1) is 11.3 Å². The number of aryl methyl sites for hydroxylation is 1. The van der Waals surface area contributed by atoms with E-state index in [-0.39, 0.29) is 0 Å². The zero-order chi connectivity index (χ0) is 16.1. The first-order chi connectivity index (χ1) is 10.5. The largest absolute Gasteiger partial charge is 0.299 e. The van der Waals surface area contributed by atoms with Crippen LogP contribution in [0, 0.1) is 6.92 Å². The van der Waals surface area contributed by atoms with Crippen LogP contribution in [0.25, 0.3) is 0 Å². The van der Waals surface area contributed by atoms with Crippen molar-refractivity contribution in [2.24, 2.45) is 0 Å². The van der Waals surface area contributed by atoms with E-state index in [4.69, 9.17) is 4.98 Å². The third kappa shape index (κ3) is 4.40. The highest BCUT2D eigenvalue weighted by molar-refractivity contribution is 7.09. The molecule has 0 amide bonds. The summed E-state index contributed by atoms with van der Waals surface area (Å²) in [4.78, 5) is 7.32. The third-order valence-electron chi connectivity index (χ3n) is 4.14. The van der Waals surface area contributed by atoms with E-state index in [2.05, 4.69) is 75.2 Å². The minimum atomic E-state index is 0.403. The van der Waals surface area contributed by atoms with Crippen molar-refractivity contribution in [2.75, 3.05) is 6.54 Å². The van der Waals surface area contributed by atoms with Gasteiger partial charge in [0.1, 0.15) is 5.01 Å². The van der Waals surface area contributed by atoms with Crippen LogP contribution in [-0.4, -0.2) is 28.5 Å². The Morgan fingerprint density at radius 2 is 1.68 bits per heavy atom. The van der Waals surface area contributed by atoms with Crippen LogP contribution in [0.5, 0.6) is 0 Å². The van der Waals surface area contributed by atoms with Gasteiger partial charge in [-0.3, -0.25) is 4.90 Å². The average molecular weight is 317 g/mol. The van der Waals surface area contributed by atoms with Crippen molar-refractivity contribution in [3.05, 3.63) is 52.0 Å². The number of benzene rings is 1. The number of aromatic nitrogens is 1. The van der Waals surface area contributed by atoms with Gasteiger partial charge in [0.15, 0.2) is 0 Å². The summed E-state index contributed by atoms with van der Waals surface area (Å²) in [6.45, 7) is 12.3. The highest BCUT2D eigenvalue weighted by Gasteiger charge is 2.21. The molecular formula is C19H28N2S. The zero-order valence-corrected chi connectivity index (χ0v) is 15.2. The third-order valence-corrected chi connectivity index (χ3v) is 5.22. The number of rotatable bonds is 7. The predicted octanol–water partition coefficient (Wildman–Crippen LogP) is 5.09. The Morgan fingerprint density at radius 1 is 1.05 bits per heavy atom. The van der Waals surface area contributed by atoms with Gasteiger partial charge in [0.2, 0.25) is 0 Å². The van der Waals surface area contributed by atoms with Crippen molar-refractivity contribution in [1.82, 2.24) is 9.88 Å². The summed E-state index contributed by atoms with van der Waals surface area (Å²) in [6, 6.07) is 12.0. The maximum absolute atomic E-state index is 4.76. The smallest absolute Gasteiger partial charge is 0.100 e. The Labute approximate surface area is 139 Å². The lowest BCUT2D eigenvalue weighted by atomic mass is 9.95. The number of nitrogens with zero attached hydrogens (tertiary/aromatic N) is 2. The molecule has 0 saturated carbocycles. The summed E-state index contributed by atoms with van der Waals surface area (Å²) in [7, 11) is 0. The van der Waals surface area contributed by atoms with Crippen LogP contribution >= 0.6 is 11.3 Å². The van der Waals surface area contributed by atoms with Crippen molar-refractivity contribution in [3.63, 3.8) is 0 Å². The first-order valence-electron chi connectivity index (χ1n) is 8.21. The Hall–Kier alpha value is -1.19. The minimum absolute atomic E-state index is 0.403. The van der Waals surface area contributed by atoms with E-state index in [0.29, 0.717) is 18.0 Å². The van der Waals surface area contributed by atoms with Crippen LogP contribution in [0.2, 0.25) is 0 Å². The molecule has 0 radical (unpaired) electrons. The summed E-state index contributed by atoms with van der Waals surface area (Å²) >= 11 is 1.79. The molecule has 1 atom stereocenters. The standard InChI is InChI=1S/C19H28N2S/c1-14(2)21(15(3)4)12-11-18(17-9-7-6-8-10-17)19-20-16(5)13-22-19/h6-10,13-15,18H,11-12H2,1-5H3. The van der Waals surface area contributed by atoms with Gasteiger partial charge in [0.05, 0.1) is 0 Å². The Kier molecular flexibility index (Phi) is 6.16. The molecule has 0 fully saturated rings. The van der Waals surface area contributed by atoms with E-state index in [0.717, 1.165) is 18.7 Å². The van der Waals surface area contributed by atoms with Crippen molar-refractivity contribution < 1.29 is 0 Å². The number of thiazole rings is 1. The molecule has 2 aromatic rings. The van der Waals surface area contributed by atoms with E-state index in [1.54, 1.807) is 11.3 Å². The van der Waals surface area contributed by atoms with E-state index in [1.807, 2.05) is 0 Å². The monoisotopic (exact) mass is 316 g/mol. The SMILES string of the molecule is Cc1csc(C(CCN(C(C)C)C(C)C)c2ccccc2)n1. The van der Waals surface area contributed by atoms with Gasteiger partial charge in [-0.25, -0.2) is 4.98 Å².